The van der Waals surface area contributed by atoms with E-state index in [9.17, 15) is 9.59 Å². The van der Waals surface area contributed by atoms with Crippen molar-refractivity contribution in [3.63, 3.8) is 0 Å². The van der Waals surface area contributed by atoms with E-state index in [1.165, 1.54) is 0 Å². The van der Waals surface area contributed by atoms with Gasteiger partial charge in [-0.15, -0.1) is 11.3 Å². The van der Waals surface area contributed by atoms with Crippen molar-refractivity contribution in [1.82, 2.24) is 15.2 Å². The van der Waals surface area contributed by atoms with Crippen molar-refractivity contribution in [1.29, 1.82) is 0 Å². The van der Waals surface area contributed by atoms with Gasteiger partial charge in [-0.05, 0) is 23.4 Å². The van der Waals surface area contributed by atoms with Crippen LogP contribution in [0.4, 0.5) is 0 Å². The number of nitrogens with one attached hydrogen (secondary N) is 2. The number of thiophene rings is 1. The van der Waals surface area contributed by atoms with Crippen LogP contribution in [0, 0.1) is 0 Å². The monoisotopic (exact) mass is 315 g/mol. The second kappa shape index (κ2) is 4.44. The number of carbonyl (C=O) groups excluding carboxylic acids is 2. The van der Waals surface area contributed by atoms with E-state index in [4.69, 9.17) is 5.73 Å². The normalized spacial score (nSPS) is 21.4. The Hall–Kier alpha value is -2.61. The molecular formula is C14H13N5O2S. The zero-order chi connectivity index (χ0) is 15.4. The van der Waals surface area contributed by atoms with Crippen LogP contribution < -0.4 is 16.4 Å². The quantitative estimate of drug-likeness (QED) is 0.618. The minimum absolute atomic E-state index is 0.0935. The molecule has 4 rings (SSSR count). The zero-order valence-corrected chi connectivity index (χ0v) is 12.6. The molecule has 2 aromatic heterocycles. The average molecular weight is 315 g/mol. The van der Waals surface area contributed by atoms with Crippen molar-refractivity contribution in [2.24, 2.45) is 17.8 Å². The number of rotatable bonds is 0. The molecule has 0 saturated heterocycles. The number of nitrogens with zero attached hydrogens (tertiary/aromatic N) is 2. The molecule has 2 aliphatic heterocycles. The number of guanidine groups is 1. The number of fused-ring (bicyclic) bond motifs is 3. The lowest BCUT2D eigenvalue weighted by molar-refractivity contribution is -0.115. The summed E-state index contributed by atoms with van der Waals surface area (Å²) in [7, 11) is 1.85. The van der Waals surface area contributed by atoms with Crippen molar-refractivity contribution in [3.8, 4) is 0 Å². The summed E-state index contributed by atoms with van der Waals surface area (Å²) < 4.78 is 2.85. The molecule has 4 N–H and O–H groups in total. The van der Waals surface area contributed by atoms with Crippen LogP contribution >= 0.6 is 11.3 Å². The summed E-state index contributed by atoms with van der Waals surface area (Å²) in [5.41, 5.74) is 9.01. The molecule has 22 heavy (non-hydrogen) atoms. The largest absolute Gasteiger partial charge is 0.369 e. The number of hydrogen-bond acceptors (Lipinski definition) is 5. The Labute approximate surface area is 129 Å². The Morgan fingerprint density at radius 1 is 1.36 bits per heavy atom. The summed E-state index contributed by atoms with van der Waals surface area (Å²) in [6, 6.07) is 1.97. The van der Waals surface area contributed by atoms with Gasteiger partial charge in [-0.2, -0.15) is 0 Å². The maximum atomic E-state index is 12.4. The second-order valence-corrected chi connectivity index (χ2v) is 6.12. The molecule has 0 radical (unpaired) electrons. The summed E-state index contributed by atoms with van der Waals surface area (Å²) in [5.74, 6) is -0.357. The SMILES string of the molecule is Cn1c2c(c3sccc31)/C(=C1\N=C(N)NC1=O)CCNC2=O. The van der Waals surface area contributed by atoms with E-state index in [0.29, 0.717) is 24.4 Å². The van der Waals surface area contributed by atoms with Crippen LogP contribution in [-0.4, -0.2) is 28.9 Å². The molecule has 0 fully saturated rings. The van der Waals surface area contributed by atoms with Crippen LogP contribution in [0.25, 0.3) is 15.8 Å². The van der Waals surface area contributed by atoms with E-state index in [0.717, 1.165) is 21.4 Å². The predicted molar refractivity (Wildman–Crippen MR) is 84.4 cm³/mol. The van der Waals surface area contributed by atoms with Crippen molar-refractivity contribution in [3.05, 3.63) is 28.4 Å². The molecule has 112 valence electrons. The Balaban J connectivity index is 2.10. The average Bonchev–Trinajstić information content (AvgIpc) is 3.09. The van der Waals surface area contributed by atoms with Crippen LogP contribution in [0.15, 0.2) is 22.1 Å². The highest BCUT2D eigenvalue weighted by Crippen LogP contribution is 2.39. The molecule has 0 spiro atoms. The van der Waals surface area contributed by atoms with Crippen LogP contribution in [0.2, 0.25) is 0 Å². The number of hydrogen-bond donors (Lipinski definition) is 3. The first kappa shape index (κ1) is 13.1. The molecular weight excluding hydrogens is 302 g/mol. The van der Waals surface area contributed by atoms with Crippen molar-refractivity contribution < 1.29 is 9.59 Å². The molecule has 7 nitrogen and oxygen atoms in total. The molecule has 2 aliphatic rings. The van der Waals surface area contributed by atoms with Gasteiger partial charge in [0.15, 0.2) is 0 Å². The summed E-state index contributed by atoms with van der Waals surface area (Å²) in [6.45, 7) is 0.460. The third-order valence-corrected chi connectivity index (χ3v) is 4.88. The van der Waals surface area contributed by atoms with E-state index in [-0.39, 0.29) is 17.8 Å². The molecule has 0 unspecified atom stereocenters. The van der Waals surface area contributed by atoms with Gasteiger partial charge in [-0.1, -0.05) is 0 Å². The summed E-state index contributed by atoms with van der Waals surface area (Å²) in [5, 5.41) is 7.34. The molecule has 0 aromatic carbocycles. The van der Waals surface area contributed by atoms with Crippen LogP contribution in [-0.2, 0) is 11.8 Å². The van der Waals surface area contributed by atoms with Crippen LogP contribution in [0.1, 0.15) is 22.5 Å². The molecule has 0 saturated carbocycles. The number of nitrogens with two attached hydrogens (primary N) is 1. The highest BCUT2D eigenvalue weighted by atomic mass is 32.1. The molecule has 0 aliphatic carbocycles. The van der Waals surface area contributed by atoms with Gasteiger partial charge in [0, 0.05) is 19.2 Å². The minimum Gasteiger partial charge on any atom is -0.369 e. The first-order chi connectivity index (χ1) is 10.6. The maximum absolute atomic E-state index is 12.4. The molecule has 0 atom stereocenters. The topological polar surface area (TPSA) is 102 Å². The lowest BCUT2D eigenvalue weighted by Gasteiger charge is -2.06. The number of aryl methyl sites for hydroxylation is 1. The third kappa shape index (κ3) is 1.64. The van der Waals surface area contributed by atoms with E-state index < -0.39 is 0 Å². The highest BCUT2D eigenvalue weighted by molar-refractivity contribution is 7.17. The van der Waals surface area contributed by atoms with Crippen molar-refractivity contribution in [2.75, 3.05) is 6.54 Å². The smallest absolute Gasteiger partial charge is 0.277 e. The standard InChI is InChI=1S/C14H13N5O2S/c1-19-7-3-5-22-11(7)8-6(2-4-16-13(21)10(8)19)9-12(20)18-14(15)17-9/h3,5H,2,4H2,1H3,(H,16,21)(H3,15,17,18,20)/b9-6-. The lowest BCUT2D eigenvalue weighted by atomic mass is 10.0. The molecule has 2 amide bonds. The van der Waals surface area contributed by atoms with Crippen LogP contribution in [0.3, 0.4) is 0 Å². The Bertz CT molecular complexity index is 902. The van der Waals surface area contributed by atoms with Crippen molar-refractivity contribution >= 4 is 44.9 Å². The fourth-order valence-corrected chi connectivity index (χ4v) is 4.02. The summed E-state index contributed by atoms with van der Waals surface area (Å²) in [4.78, 5) is 28.6. The van der Waals surface area contributed by atoms with Gasteiger partial charge in [-0.3, -0.25) is 14.9 Å². The van der Waals surface area contributed by atoms with Gasteiger partial charge in [0.2, 0.25) is 5.96 Å². The molecule has 8 heteroatoms. The van der Waals surface area contributed by atoms with Gasteiger partial charge >= 0.3 is 0 Å². The number of carbonyl (C=O) groups is 2. The van der Waals surface area contributed by atoms with Gasteiger partial charge in [-0.25, -0.2) is 4.99 Å². The van der Waals surface area contributed by atoms with Gasteiger partial charge in [0.25, 0.3) is 11.8 Å². The summed E-state index contributed by atoms with van der Waals surface area (Å²) in [6.07, 6.45) is 0.537. The summed E-state index contributed by atoms with van der Waals surface area (Å²) >= 11 is 1.55. The predicted octanol–water partition coefficient (Wildman–Crippen LogP) is 0.529. The van der Waals surface area contributed by atoms with E-state index in [2.05, 4.69) is 15.6 Å². The number of aromatic nitrogens is 1. The molecule has 2 aromatic rings. The first-order valence-corrected chi connectivity index (χ1v) is 7.69. The fourth-order valence-electron chi connectivity index (χ4n) is 3.02. The Kier molecular flexibility index (Phi) is 2.64. The lowest BCUT2D eigenvalue weighted by Crippen LogP contribution is -2.30. The third-order valence-electron chi connectivity index (χ3n) is 3.96. The van der Waals surface area contributed by atoms with Gasteiger partial charge < -0.3 is 15.6 Å². The number of aliphatic imine (C=N–C) groups is 1. The van der Waals surface area contributed by atoms with Crippen LogP contribution in [0.5, 0.6) is 0 Å². The Morgan fingerprint density at radius 3 is 2.91 bits per heavy atom. The maximum Gasteiger partial charge on any atom is 0.277 e. The number of amides is 2. The van der Waals surface area contributed by atoms with Gasteiger partial charge in [0.05, 0.1) is 10.2 Å². The van der Waals surface area contributed by atoms with E-state index in [1.807, 2.05) is 23.1 Å². The zero-order valence-electron chi connectivity index (χ0n) is 11.8. The van der Waals surface area contributed by atoms with E-state index in [1.54, 1.807) is 11.3 Å². The van der Waals surface area contributed by atoms with Crippen molar-refractivity contribution in [2.45, 2.75) is 6.42 Å². The molecule has 4 heterocycles. The fraction of sp³-hybridized carbons (Fsp3) is 0.214. The van der Waals surface area contributed by atoms with Gasteiger partial charge in [0.1, 0.15) is 11.4 Å². The second-order valence-electron chi connectivity index (χ2n) is 5.20. The minimum atomic E-state index is -0.318. The molecule has 0 bridgehead atoms. The Morgan fingerprint density at radius 2 is 2.18 bits per heavy atom. The first-order valence-electron chi connectivity index (χ1n) is 6.81. The highest BCUT2D eigenvalue weighted by Gasteiger charge is 2.31. The van der Waals surface area contributed by atoms with E-state index >= 15 is 0 Å².